The van der Waals surface area contributed by atoms with E-state index in [0.29, 0.717) is 11.6 Å². The Balaban J connectivity index is 1.44. The van der Waals surface area contributed by atoms with Crippen molar-refractivity contribution in [3.05, 3.63) is 24.3 Å². The highest BCUT2D eigenvalue weighted by Gasteiger charge is 2.50. The zero-order valence-electron chi connectivity index (χ0n) is 16.1. The van der Waals surface area contributed by atoms with Gasteiger partial charge in [0.2, 0.25) is 5.91 Å². The minimum Gasteiger partial charge on any atom is -0.465 e. The first-order valence-corrected chi connectivity index (χ1v) is 10.3. The molecule has 1 aromatic carbocycles. The van der Waals surface area contributed by atoms with Gasteiger partial charge < -0.3 is 20.0 Å². The molecule has 1 saturated carbocycles. The lowest BCUT2D eigenvalue weighted by molar-refractivity contribution is -0.139. The smallest absolute Gasteiger partial charge is 0.409 e. The van der Waals surface area contributed by atoms with E-state index in [-0.39, 0.29) is 17.6 Å². The third kappa shape index (κ3) is 3.68. The van der Waals surface area contributed by atoms with Crippen molar-refractivity contribution in [1.29, 1.82) is 0 Å². The Hall–Kier alpha value is -2.28. The van der Waals surface area contributed by atoms with Crippen molar-refractivity contribution in [3.63, 3.8) is 0 Å². The molecule has 0 aromatic heterocycles. The van der Waals surface area contributed by atoms with Crippen LogP contribution in [0.4, 0.5) is 16.2 Å². The largest absolute Gasteiger partial charge is 0.465 e. The van der Waals surface area contributed by atoms with Crippen LogP contribution in [-0.4, -0.2) is 58.9 Å². The van der Waals surface area contributed by atoms with Crippen molar-refractivity contribution < 1.29 is 19.8 Å². The van der Waals surface area contributed by atoms with Gasteiger partial charge in [-0.15, -0.1) is 0 Å². The van der Waals surface area contributed by atoms with Gasteiger partial charge in [0.1, 0.15) is 0 Å². The molecule has 3 aliphatic rings. The van der Waals surface area contributed by atoms with Crippen LogP contribution in [0.1, 0.15) is 44.9 Å². The fourth-order valence-electron chi connectivity index (χ4n) is 5.18. The zero-order valence-corrected chi connectivity index (χ0v) is 16.1. The maximum Gasteiger partial charge on any atom is 0.409 e. The molecule has 2 saturated heterocycles. The van der Waals surface area contributed by atoms with Gasteiger partial charge in [0.05, 0.1) is 11.5 Å². The molecular weight excluding hydrogens is 358 g/mol. The van der Waals surface area contributed by atoms with E-state index in [4.69, 9.17) is 5.11 Å². The van der Waals surface area contributed by atoms with Crippen LogP contribution in [0.15, 0.2) is 24.3 Å². The van der Waals surface area contributed by atoms with E-state index in [1.54, 1.807) is 12.1 Å². The van der Waals surface area contributed by atoms with Gasteiger partial charge in [-0.25, -0.2) is 4.79 Å². The molecule has 2 amide bonds. The number of carboxylic acid groups (broad SMARTS) is 1. The Bertz CT molecular complexity index is 730. The van der Waals surface area contributed by atoms with Crippen LogP contribution in [0.5, 0.6) is 0 Å². The summed E-state index contributed by atoms with van der Waals surface area (Å²) in [4.78, 5) is 28.5. The van der Waals surface area contributed by atoms with E-state index in [1.807, 2.05) is 12.1 Å². The van der Waals surface area contributed by atoms with Crippen molar-refractivity contribution >= 4 is 23.4 Å². The van der Waals surface area contributed by atoms with Gasteiger partial charge in [-0.1, -0.05) is 0 Å². The Kier molecular flexibility index (Phi) is 5.19. The molecule has 0 radical (unpaired) electrons. The van der Waals surface area contributed by atoms with Crippen LogP contribution in [0.3, 0.4) is 0 Å². The number of amides is 2. The van der Waals surface area contributed by atoms with Crippen LogP contribution in [-0.2, 0) is 4.79 Å². The predicted molar refractivity (Wildman–Crippen MR) is 107 cm³/mol. The second-order valence-electron chi connectivity index (χ2n) is 8.49. The number of carbonyl (C=O) groups is 2. The highest BCUT2D eigenvalue weighted by atomic mass is 16.4. The zero-order chi connectivity index (χ0) is 19.7. The predicted octanol–water partition coefficient (Wildman–Crippen LogP) is 2.90. The lowest BCUT2D eigenvalue weighted by Gasteiger charge is -2.41. The molecule has 28 heavy (non-hydrogen) atoms. The number of hydrogen-bond donors (Lipinski definition) is 3. The van der Waals surface area contributed by atoms with Gasteiger partial charge in [0.15, 0.2) is 0 Å². The topological polar surface area (TPSA) is 93.1 Å². The summed E-state index contributed by atoms with van der Waals surface area (Å²) >= 11 is 0. The molecule has 2 heterocycles. The fourth-order valence-corrected chi connectivity index (χ4v) is 5.18. The summed E-state index contributed by atoms with van der Waals surface area (Å²) in [5.41, 5.74) is 1.28. The van der Waals surface area contributed by atoms with E-state index in [0.717, 1.165) is 70.3 Å². The highest BCUT2D eigenvalue weighted by Crippen LogP contribution is 2.43. The number of nitrogens with one attached hydrogen (secondary N) is 1. The van der Waals surface area contributed by atoms with Gasteiger partial charge >= 0.3 is 6.09 Å². The summed E-state index contributed by atoms with van der Waals surface area (Å²) in [5, 5.41) is 20.9. The Morgan fingerprint density at radius 3 is 2.46 bits per heavy atom. The summed E-state index contributed by atoms with van der Waals surface area (Å²) in [6.07, 6.45) is 4.96. The van der Waals surface area contributed by atoms with Crippen LogP contribution < -0.4 is 10.2 Å². The maximum absolute atomic E-state index is 13.4. The monoisotopic (exact) mass is 387 g/mol. The SMILES string of the molecule is O=C(O)Nc1ccc(N2CCCC3(CCN([C@H]4CC[C@H](O)CC4)C3=O)C2)cc1. The highest BCUT2D eigenvalue weighted by molar-refractivity contribution is 5.86. The van der Waals surface area contributed by atoms with Crippen molar-refractivity contribution in [2.75, 3.05) is 29.9 Å². The molecule has 3 N–H and O–H groups in total. The number of piperidine rings is 1. The first-order valence-electron chi connectivity index (χ1n) is 10.3. The average molecular weight is 387 g/mol. The normalized spacial score (nSPS) is 30.7. The molecule has 1 unspecified atom stereocenters. The second-order valence-corrected chi connectivity index (χ2v) is 8.49. The molecule has 0 bridgehead atoms. The molecule has 152 valence electrons. The van der Waals surface area contributed by atoms with Gasteiger partial charge in [-0.3, -0.25) is 10.1 Å². The van der Waals surface area contributed by atoms with Gasteiger partial charge in [-0.2, -0.15) is 0 Å². The summed E-state index contributed by atoms with van der Waals surface area (Å²) in [7, 11) is 0. The number of hydrogen-bond acceptors (Lipinski definition) is 4. The summed E-state index contributed by atoms with van der Waals surface area (Å²) < 4.78 is 0. The van der Waals surface area contributed by atoms with E-state index < -0.39 is 6.09 Å². The number of carbonyl (C=O) groups excluding carboxylic acids is 1. The molecule has 7 nitrogen and oxygen atoms in total. The van der Waals surface area contributed by atoms with Crippen LogP contribution in [0, 0.1) is 5.41 Å². The summed E-state index contributed by atoms with van der Waals surface area (Å²) in [5.74, 6) is 0.294. The summed E-state index contributed by atoms with van der Waals surface area (Å²) in [6.45, 7) is 2.47. The van der Waals surface area contributed by atoms with Crippen LogP contribution >= 0.6 is 0 Å². The van der Waals surface area contributed by atoms with Gasteiger partial charge in [-0.05, 0) is 69.2 Å². The third-order valence-corrected chi connectivity index (χ3v) is 6.71. The van der Waals surface area contributed by atoms with Crippen LogP contribution in [0.25, 0.3) is 0 Å². The maximum atomic E-state index is 13.4. The standard InChI is InChI=1S/C21H29N3O4/c25-18-8-6-17(7-9-18)24-13-11-21(19(24)26)10-1-12-23(14-21)16-4-2-15(3-5-16)22-20(27)28/h2-5,17-18,22,25H,1,6-14H2,(H,27,28)/t17-,18-,21?. The molecular formula is C21H29N3O4. The molecule has 1 aromatic rings. The third-order valence-electron chi connectivity index (χ3n) is 6.71. The second kappa shape index (κ2) is 7.62. The molecule has 4 rings (SSSR count). The van der Waals surface area contributed by atoms with E-state index in [1.165, 1.54) is 0 Å². The van der Waals surface area contributed by atoms with Crippen LogP contribution in [0.2, 0.25) is 0 Å². The Morgan fingerprint density at radius 1 is 1.07 bits per heavy atom. The number of likely N-dealkylation sites (tertiary alicyclic amines) is 1. The summed E-state index contributed by atoms with van der Waals surface area (Å²) in [6, 6.07) is 7.66. The number of aliphatic hydroxyl groups is 1. The lowest BCUT2D eigenvalue weighted by Crippen LogP contribution is -2.50. The van der Waals surface area contributed by atoms with Gasteiger partial charge in [0, 0.05) is 37.1 Å². The van der Waals surface area contributed by atoms with Gasteiger partial charge in [0.25, 0.3) is 0 Å². The van der Waals surface area contributed by atoms with Crippen molar-refractivity contribution in [1.82, 2.24) is 4.90 Å². The van der Waals surface area contributed by atoms with E-state index in [2.05, 4.69) is 15.1 Å². The molecule has 1 spiro atoms. The average Bonchev–Trinajstić information content (AvgIpc) is 2.98. The van der Waals surface area contributed by atoms with Crippen molar-refractivity contribution in [2.45, 2.75) is 57.1 Å². The first kappa shape index (κ1) is 19.1. The first-order chi connectivity index (χ1) is 13.5. The lowest BCUT2D eigenvalue weighted by atomic mass is 9.78. The van der Waals surface area contributed by atoms with Crippen molar-refractivity contribution in [3.8, 4) is 0 Å². The Labute approximate surface area is 165 Å². The molecule has 7 heteroatoms. The van der Waals surface area contributed by atoms with E-state index >= 15 is 0 Å². The molecule has 2 aliphatic heterocycles. The Morgan fingerprint density at radius 2 is 1.79 bits per heavy atom. The number of benzene rings is 1. The molecule has 3 fully saturated rings. The number of aliphatic hydroxyl groups excluding tert-OH is 1. The number of rotatable bonds is 3. The number of nitrogens with zero attached hydrogens (tertiary/aromatic N) is 2. The molecule has 1 atom stereocenters. The van der Waals surface area contributed by atoms with E-state index in [9.17, 15) is 14.7 Å². The minimum atomic E-state index is -1.07. The van der Waals surface area contributed by atoms with Crippen molar-refractivity contribution in [2.24, 2.45) is 5.41 Å². The number of anilines is 2. The molecule has 1 aliphatic carbocycles. The quantitative estimate of drug-likeness (QED) is 0.742. The fraction of sp³-hybridized carbons (Fsp3) is 0.619. The minimum absolute atomic E-state index is 0.202.